The van der Waals surface area contributed by atoms with Crippen molar-refractivity contribution >= 4 is 11.7 Å². The Labute approximate surface area is 96.0 Å². The second-order valence-corrected chi connectivity index (χ2v) is 3.54. The van der Waals surface area contributed by atoms with Crippen molar-refractivity contribution in [3.63, 3.8) is 0 Å². The third-order valence-corrected chi connectivity index (χ3v) is 2.39. The summed E-state index contributed by atoms with van der Waals surface area (Å²) < 4.78 is 5.06. The lowest BCUT2D eigenvalue weighted by molar-refractivity contribution is 0.254. The van der Waals surface area contributed by atoms with E-state index in [9.17, 15) is 4.79 Å². The number of carbonyl (C=O) groups excluding carboxylic acids is 1. The van der Waals surface area contributed by atoms with Crippen LogP contribution in [0, 0.1) is 0 Å². The van der Waals surface area contributed by atoms with E-state index in [2.05, 4.69) is 6.92 Å². The summed E-state index contributed by atoms with van der Waals surface area (Å²) in [4.78, 5) is 12.8. The number of nitrogens with zero attached hydrogens (tertiary/aromatic N) is 1. The molecule has 1 aromatic carbocycles. The van der Waals surface area contributed by atoms with Crippen LogP contribution in [0.4, 0.5) is 10.5 Å². The van der Waals surface area contributed by atoms with Crippen molar-refractivity contribution in [2.45, 2.75) is 19.8 Å². The van der Waals surface area contributed by atoms with Crippen LogP contribution < -0.4 is 15.4 Å². The Morgan fingerprint density at radius 2 is 2.00 bits per heavy atom. The minimum Gasteiger partial charge on any atom is -0.497 e. The van der Waals surface area contributed by atoms with Crippen LogP contribution in [0.3, 0.4) is 0 Å². The van der Waals surface area contributed by atoms with Crippen LogP contribution in [0.2, 0.25) is 0 Å². The Morgan fingerprint density at radius 3 is 2.44 bits per heavy atom. The monoisotopic (exact) mass is 222 g/mol. The molecule has 0 aliphatic carbocycles. The van der Waals surface area contributed by atoms with E-state index in [1.807, 2.05) is 24.3 Å². The van der Waals surface area contributed by atoms with Gasteiger partial charge in [-0.25, -0.2) is 4.79 Å². The number of hydrogen-bond acceptors (Lipinski definition) is 2. The summed E-state index contributed by atoms with van der Waals surface area (Å²) in [6, 6.07) is 6.88. The molecule has 4 nitrogen and oxygen atoms in total. The Morgan fingerprint density at radius 1 is 1.38 bits per heavy atom. The first-order valence-electron chi connectivity index (χ1n) is 5.40. The van der Waals surface area contributed by atoms with Crippen molar-refractivity contribution in [1.82, 2.24) is 0 Å². The topological polar surface area (TPSA) is 55.6 Å². The number of urea groups is 1. The summed E-state index contributed by atoms with van der Waals surface area (Å²) in [5, 5.41) is 0. The lowest BCUT2D eigenvalue weighted by Crippen LogP contribution is -2.36. The highest BCUT2D eigenvalue weighted by molar-refractivity contribution is 5.90. The summed E-state index contributed by atoms with van der Waals surface area (Å²) in [5.41, 5.74) is 6.14. The fraction of sp³-hybridized carbons (Fsp3) is 0.417. The van der Waals surface area contributed by atoms with Crippen LogP contribution in [0.25, 0.3) is 0 Å². The molecule has 0 aliphatic rings. The number of carbonyl (C=O) groups is 1. The standard InChI is InChI=1S/C12H18N2O2/c1-3-4-9-14(12(13)15)10-5-7-11(16-2)8-6-10/h5-8H,3-4,9H2,1-2H3,(H2,13,15). The van der Waals surface area contributed by atoms with Crippen LogP contribution in [0.5, 0.6) is 5.75 Å². The van der Waals surface area contributed by atoms with E-state index in [-0.39, 0.29) is 0 Å². The summed E-state index contributed by atoms with van der Waals surface area (Å²) in [7, 11) is 1.61. The zero-order chi connectivity index (χ0) is 12.0. The first-order chi connectivity index (χ1) is 7.69. The largest absolute Gasteiger partial charge is 0.497 e. The zero-order valence-corrected chi connectivity index (χ0v) is 9.77. The molecular formula is C12H18N2O2. The molecule has 0 unspecified atom stereocenters. The summed E-state index contributed by atoms with van der Waals surface area (Å²) in [6.07, 6.45) is 1.97. The van der Waals surface area contributed by atoms with Crippen molar-refractivity contribution < 1.29 is 9.53 Å². The summed E-state index contributed by atoms with van der Waals surface area (Å²) >= 11 is 0. The van der Waals surface area contributed by atoms with Crippen LogP contribution in [0.1, 0.15) is 19.8 Å². The fourth-order valence-corrected chi connectivity index (χ4v) is 1.44. The molecule has 2 amide bonds. The average molecular weight is 222 g/mol. The maximum Gasteiger partial charge on any atom is 0.319 e. The number of unbranched alkanes of at least 4 members (excludes halogenated alkanes) is 1. The molecular weight excluding hydrogens is 204 g/mol. The van der Waals surface area contributed by atoms with Crippen molar-refractivity contribution in [1.29, 1.82) is 0 Å². The molecule has 0 aromatic heterocycles. The molecule has 2 N–H and O–H groups in total. The van der Waals surface area contributed by atoms with Gasteiger partial charge in [0, 0.05) is 12.2 Å². The van der Waals surface area contributed by atoms with Crippen LogP contribution in [0.15, 0.2) is 24.3 Å². The van der Waals surface area contributed by atoms with Gasteiger partial charge in [0.25, 0.3) is 0 Å². The molecule has 0 heterocycles. The predicted molar refractivity (Wildman–Crippen MR) is 64.8 cm³/mol. The van der Waals surface area contributed by atoms with Gasteiger partial charge in [-0.05, 0) is 30.7 Å². The van der Waals surface area contributed by atoms with Gasteiger partial charge in [0.05, 0.1) is 7.11 Å². The van der Waals surface area contributed by atoms with Gasteiger partial charge in [-0.1, -0.05) is 13.3 Å². The minimum absolute atomic E-state index is 0.418. The normalized spacial score (nSPS) is 9.88. The molecule has 1 aromatic rings. The molecule has 0 bridgehead atoms. The zero-order valence-electron chi connectivity index (χ0n) is 9.77. The van der Waals surface area contributed by atoms with E-state index >= 15 is 0 Å². The molecule has 0 fully saturated rings. The number of methoxy groups -OCH3 is 1. The van der Waals surface area contributed by atoms with Crippen molar-refractivity contribution in [2.75, 3.05) is 18.6 Å². The molecule has 0 radical (unpaired) electrons. The van der Waals surface area contributed by atoms with E-state index in [1.165, 1.54) is 0 Å². The molecule has 0 saturated heterocycles. The van der Waals surface area contributed by atoms with Gasteiger partial charge in [0.2, 0.25) is 0 Å². The first kappa shape index (κ1) is 12.4. The number of ether oxygens (including phenoxy) is 1. The SMILES string of the molecule is CCCCN(C(N)=O)c1ccc(OC)cc1. The second kappa shape index (κ2) is 6.00. The van der Waals surface area contributed by atoms with Gasteiger partial charge in [-0.15, -0.1) is 0 Å². The van der Waals surface area contributed by atoms with Gasteiger partial charge in [-0.2, -0.15) is 0 Å². The Balaban J connectivity index is 2.79. The molecule has 0 aliphatic heterocycles. The quantitative estimate of drug-likeness (QED) is 0.831. The van der Waals surface area contributed by atoms with E-state index in [4.69, 9.17) is 10.5 Å². The maximum atomic E-state index is 11.3. The van der Waals surface area contributed by atoms with E-state index < -0.39 is 6.03 Å². The minimum atomic E-state index is -0.418. The highest BCUT2D eigenvalue weighted by atomic mass is 16.5. The fourth-order valence-electron chi connectivity index (χ4n) is 1.44. The van der Waals surface area contributed by atoms with Crippen LogP contribution >= 0.6 is 0 Å². The molecule has 4 heteroatoms. The third kappa shape index (κ3) is 3.15. The van der Waals surface area contributed by atoms with Gasteiger partial charge < -0.3 is 10.5 Å². The molecule has 16 heavy (non-hydrogen) atoms. The van der Waals surface area contributed by atoms with E-state index in [0.29, 0.717) is 6.54 Å². The number of nitrogens with two attached hydrogens (primary N) is 1. The third-order valence-electron chi connectivity index (χ3n) is 2.39. The molecule has 0 atom stereocenters. The average Bonchev–Trinajstić information content (AvgIpc) is 2.30. The van der Waals surface area contributed by atoms with Crippen molar-refractivity contribution in [3.05, 3.63) is 24.3 Å². The van der Waals surface area contributed by atoms with Crippen LogP contribution in [-0.2, 0) is 0 Å². The molecule has 88 valence electrons. The second-order valence-electron chi connectivity index (χ2n) is 3.54. The van der Waals surface area contributed by atoms with Crippen molar-refractivity contribution in [3.8, 4) is 5.75 Å². The highest BCUT2D eigenvalue weighted by Gasteiger charge is 2.11. The number of primary amides is 1. The van der Waals surface area contributed by atoms with Gasteiger partial charge in [0.1, 0.15) is 5.75 Å². The van der Waals surface area contributed by atoms with E-state index in [1.54, 1.807) is 12.0 Å². The molecule has 0 spiro atoms. The van der Waals surface area contributed by atoms with Gasteiger partial charge >= 0.3 is 6.03 Å². The Bertz CT molecular complexity index is 335. The Hall–Kier alpha value is -1.71. The lowest BCUT2D eigenvalue weighted by Gasteiger charge is -2.20. The summed E-state index contributed by atoms with van der Waals surface area (Å²) in [5.74, 6) is 0.767. The van der Waals surface area contributed by atoms with Crippen LogP contribution in [-0.4, -0.2) is 19.7 Å². The number of benzene rings is 1. The maximum absolute atomic E-state index is 11.3. The number of rotatable bonds is 5. The summed E-state index contributed by atoms with van der Waals surface area (Å²) in [6.45, 7) is 2.73. The lowest BCUT2D eigenvalue weighted by atomic mass is 10.2. The number of hydrogen-bond donors (Lipinski definition) is 1. The van der Waals surface area contributed by atoms with Gasteiger partial charge in [0.15, 0.2) is 0 Å². The highest BCUT2D eigenvalue weighted by Crippen LogP contribution is 2.19. The number of amides is 2. The van der Waals surface area contributed by atoms with Crippen molar-refractivity contribution in [2.24, 2.45) is 5.73 Å². The number of anilines is 1. The predicted octanol–water partition coefficient (Wildman–Crippen LogP) is 2.38. The molecule has 1 rings (SSSR count). The Kier molecular flexibility index (Phi) is 4.64. The molecule has 0 saturated carbocycles. The van der Waals surface area contributed by atoms with E-state index in [0.717, 1.165) is 24.3 Å². The van der Waals surface area contributed by atoms with Gasteiger partial charge in [-0.3, -0.25) is 4.90 Å². The first-order valence-corrected chi connectivity index (χ1v) is 5.40. The smallest absolute Gasteiger partial charge is 0.319 e.